The number of carboxylic acid groups (broad SMARTS) is 1. The van der Waals surface area contributed by atoms with Gasteiger partial charge in [0.25, 0.3) is 0 Å². The number of nitrogens with zero attached hydrogens (tertiary/aromatic N) is 2. The standard InChI is InChI=1S/C12H10F2N2O3/c1-6(2)16-10-4-8(14)7(13)3-9(10)15(12(16)19)5-11(17)18/h3-4H,1,5H2,2H3,(H,17,18). The van der Waals surface area contributed by atoms with Gasteiger partial charge in [-0.25, -0.2) is 13.6 Å². The Balaban J connectivity index is 2.92. The minimum absolute atomic E-state index is 0.00861. The molecule has 2 aromatic rings. The average molecular weight is 268 g/mol. The Morgan fingerprint density at radius 3 is 2.32 bits per heavy atom. The van der Waals surface area contributed by atoms with Gasteiger partial charge in [0, 0.05) is 17.8 Å². The molecule has 0 fully saturated rings. The van der Waals surface area contributed by atoms with Gasteiger partial charge >= 0.3 is 11.7 Å². The molecule has 0 atom stereocenters. The van der Waals surface area contributed by atoms with Gasteiger partial charge < -0.3 is 5.11 Å². The maximum Gasteiger partial charge on any atom is 0.333 e. The molecule has 0 radical (unpaired) electrons. The van der Waals surface area contributed by atoms with Crippen LogP contribution in [0.1, 0.15) is 6.92 Å². The van der Waals surface area contributed by atoms with Gasteiger partial charge in [0.2, 0.25) is 0 Å². The van der Waals surface area contributed by atoms with Gasteiger partial charge in [0.1, 0.15) is 6.54 Å². The third-order valence-electron chi connectivity index (χ3n) is 2.65. The van der Waals surface area contributed by atoms with E-state index in [1.165, 1.54) is 6.92 Å². The second-order valence-corrected chi connectivity index (χ2v) is 4.09. The van der Waals surface area contributed by atoms with Crippen LogP contribution in [0.25, 0.3) is 16.7 Å². The number of carboxylic acids is 1. The van der Waals surface area contributed by atoms with E-state index < -0.39 is 29.8 Å². The summed E-state index contributed by atoms with van der Waals surface area (Å²) in [5, 5.41) is 8.76. The molecule has 1 heterocycles. The largest absolute Gasteiger partial charge is 0.480 e. The van der Waals surface area contributed by atoms with Crippen LogP contribution in [0.5, 0.6) is 0 Å². The lowest BCUT2D eigenvalue weighted by Gasteiger charge is -2.00. The van der Waals surface area contributed by atoms with Crippen molar-refractivity contribution < 1.29 is 18.7 Å². The van der Waals surface area contributed by atoms with Crippen molar-refractivity contribution in [2.75, 3.05) is 0 Å². The second kappa shape index (κ2) is 4.34. The third-order valence-corrected chi connectivity index (χ3v) is 2.65. The van der Waals surface area contributed by atoms with Gasteiger partial charge in [-0.3, -0.25) is 13.9 Å². The Bertz CT molecular complexity index is 758. The molecule has 0 aliphatic heterocycles. The van der Waals surface area contributed by atoms with E-state index in [9.17, 15) is 18.4 Å². The number of allylic oxidation sites excluding steroid dienone is 1. The van der Waals surface area contributed by atoms with Crippen molar-refractivity contribution in [2.24, 2.45) is 0 Å². The highest BCUT2D eigenvalue weighted by atomic mass is 19.2. The number of benzene rings is 1. The van der Waals surface area contributed by atoms with E-state index >= 15 is 0 Å². The zero-order chi connectivity index (χ0) is 14.3. The molecule has 1 aromatic heterocycles. The molecule has 1 N–H and O–H groups in total. The maximum atomic E-state index is 13.2. The molecule has 7 heteroatoms. The Kier molecular flexibility index (Phi) is 2.97. The first-order chi connectivity index (χ1) is 8.82. The number of carbonyl (C=O) groups is 1. The van der Waals surface area contributed by atoms with E-state index in [1.807, 2.05) is 0 Å². The first-order valence-corrected chi connectivity index (χ1v) is 5.31. The number of imidazole rings is 1. The van der Waals surface area contributed by atoms with Crippen molar-refractivity contribution in [3.8, 4) is 0 Å². The lowest BCUT2D eigenvalue weighted by atomic mass is 10.3. The summed E-state index contributed by atoms with van der Waals surface area (Å²) in [4.78, 5) is 22.8. The quantitative estimate of drug-likeness (QED) is 0.920. The van der Waals surface area contributed by atoms with Crippen molar-refractivity contribution in [3.63, 3.8) is 0 Å². The molecule has 0 aliphatic rings. The summed E-state index contributed by atoms with van der Waals surface area (Å²) in [5.41, 5.74) is -0.327. The van der Waals surface area contributed by atoms with Crippen LogP contribution in [0, 0.1) is 11.6 Å². The van der Waals surface area contributed by atoms with E-state index in [4.69, 9.17) is 5.11 Å². The summed E-state index contributed by atoms with van der Waals surface area (Å²) in [7, 11) is 0. The SMILES string of the molecule is C=C(C)n1c(=O)n(CC(=O)O)c2cc(F)c(F)cc21. The summed E-state index contributed by atoms with van der Waals surface area (Å²) >= 11 is 0. The fourth-order valence-electron chi connectivity index (χ4n) is 1.90. The van der Waals surface area contributed by atoms with E-state index in [-0.39, 0.29) is 16.7 Å². The number of hydrogen-bond acceptors (Lipinski definition) is 2. The topological polar surface area (TPSA) is 64.2 Å². The van der Waals surface area contributed by atoms with Crippen LogP contribution in [0.15, 0.2) is 23.5 Å². The predicted molar refractivity (Wildman–Crippen MR) is 64.8 cm³/mol. The lowest BCUT2D eigenvalue weighted by Crippen LogP contribution is -2.26. The molecule has 0 spiro atoms. The molecule has 5 nitrogen and oxygen atoms in total. The number of rotatable bonds is 3. The van der Waals surface area contributed by atoms with Crippen LogP contribution >= 0.6 is 0 Å². The van der Waals surface area contributed by atoms with Crippen molar-refractivity contribution in [2.45, 2.75) is 13.5 Å². The Morgan fingerprint density at radius 2 is 1.84 bits per heavy atom. The van der Waals surface area contributed by atoms with Crippen molar-refractivity contribution >= 4 is 22.7 Å². The Morgan fingerprint density at radius 1 is 1.32 bits per heavy atom. The maximum absolute atomic E-state index is 13.2. The highest BCUT2D eigenvalue weighted by molar-refractivity contribution is 5.81. The van der Waals surface area contributed by atoms with Crippen molar-refractivity contribution in [1.29, 1.82) is 0 Å². The van der Waals surface area contributed by atoms with Crippen LogP contribution < -0.4 is 5.69 Å². The number of aliphatic carboxylic acids is 1. The molecule has 0 unspecified atom stereocenters. The number of aromatic nitrogens is 2. The lowest BCUT2D eigenvalue weighted by molar-refractivity contribution is -0.137. The minimum Gasteiger partial charge on any atom is -0.480 e. The van der Waals surface area contributed by atoms with E-state index in [0.29, 0.717) is 0 Å². The van der Waals surface area contributed by atoms with Crippen LogP contribution in [0.3, 0.4) is 0 Å². The van der Waals surface area contributed by atoms with E-state index in [2.05, 4.69) is 6.58 Å². The molecule has 0 aliphatic carbocycles. The first kappa shape index (κ1) is 13.0. The highest BCUT2D eigenvalue weighted by Gasteiger charge is 2.18. The fraction of sp³-hybridized carbons (Fsp3) is 0.167. The summed E-state index contributed by atoms with van der Waals surface area (Å²) in [6, 6.07) is 1.65. The van der Waals surface area contributed by atoms with Gasteiger partial charge in [0.05, 0.1) is 11.0 Å². The number of halogens is 2. The molecule has 0 bridgehead atoms. The summed E-state index contributed by atoms with van der Waals surface area (Å²) < 4.78 is 28.4. The van der Waals surface area contributed by atoms with E-state index in [1.54, 1.807) is 0 Å². The van der Waals surface area contributed by atoms with Crippen molar-refractivity contribution in [3.05, 3.63) is 40.8 Å². The van der Waals surface area contributed by atoms with Crippen LogP contribution in [0.2, 0.25) is 0 Å². The van der Waals surface area contributed by atoms with Gasteiger partial charge in [0.15, 0.2) is 11.6 Å². The monoisotopic (exact) mass is 268 g/mol. The zero-order valence-electron chi connectivity index (χ0n) is 9.98. The molecular weight excluding hydrogens is 258 g/mol. The zero-order valence-corrected chi connectivity index (χ0v) is 9.98. The molecule has 1 aromatic carbocycles. The minimum atomic E-state index is -1.26. The number of fused-ring (bicyclic) bond motifs is 1. The molecular formula is C12H10F2N2O3. The summed E-state index contributed by atoms with van der Waals surface area (Å²) in [6.07, 6.45) is 0. The Labute approximate surface area is 106 Å². The molecule has 0 saturated carbocycles. The average Bonchev–Trinajstić information content (AvgIpc) is 2.53. The van der Waals surface area contributed by atoms with Gasteiger partial charge in [-0.2, -0.15) is 0 Å². The summed E-state index contributed by atoms with van der Waals surface area (Å²) in [5.74, 6) is -3.52. The van der Waals surface area contributed by atoms with Crippen LogP contribution in [-0.2, 0) is 11.3 Å². The van der Waals surface area contributed by atoms with E-state index in [0.717, 1.165) is 21.3 Å². The molecule has 19 heavy (non-hydrogen) atoms. The smallest absolute Gasteiger partial charge is 0.333 e. The molecule has 0 saturated heterocycles. The summed E-state index contributed by atoms with van der Waals surface area (Å²) in [6.45, 7) is 4.44. The van der Waals surface area contributed by atoms with Crippen LogP contribution in [-0.4, -0.2) is 20.2 Å². The fourth-order valence-corrected chi connectivity index (χ4v) is 1.90. The third kappa shape index (κ3) is 2.03. The van der Waals surface area contributed by atoms with Gasteiger partial charge in [-0.15, -0.1) is 0 Å². The molecule has 100 valence electrons. The molecule has 2 rings (SSSR count). The highest BCUT2D eigenvalue weighted by Crippen LogP contribution is 2.20. The first-order valence-electron chi connectivity index (χ1n) is 5.31. The second-order valence-electron chi connectivity index (χ2n) is 4.09. The normalized spacial score (nSPS) is 10.9. The van der Waals surface area contributed by atoms with Gasteiger partial charge in [-0.1, -0.05) is 6.58 Å². The van der Waals surface area contributed by atoms with Gasteiger partial charge in [-0.05, 0) is 6.92 Å². The Hall–Kier alpha value is -2.44. The molecule has 0 amide bonds. The van der Waals surface area contributed by atoms with Crippen molar-refractivity contribution in [1.82, 2.24) is 9.13 Å². The predicted octanol–water partition coefficient (Wildman–Crippen LogP) is 1.66. The van der Waals surface area contributed by atoms with Crippen LogP contribution in [0.4, 0.5) is 8.78 Å². The number of hydrogen-bond donors (Lipinski definition) is 1.